The molecule has 0 saturated heterocycles. The Morgan fingerprint density at radius 3 is 2.20 bits per heavy atom. The highest BCUT2D eigenvalue weighted by Gasteiger charge is 2.43. The Hall–Kier alpha value is -5.31. The van der Waals surface area contributed by atoms with Crippen LogP contribution in [0.3, 0.4) is 0 Å². The molecular formula is C28H29N5O7. The Balaban J connectivity index is 2.20. The van der Waals surface area contributed by atoms with E-state index in [1.165, 1.54) is 12.1 Å². The van der Waals surface area contributed by atoms with E-state index < -0.39 is 29.9 Å². The Kier molecular flexibility index (Phi) is 9.48. The number of nitrogens with two attached hydrogens (primary N) is 1. The third-order valence-corrected chi connectivity index (χ3v) is 5.83. The number of nitrogens with one attached hydrogen (secondary N) is 2. The van der Waals surface area contributed by atoms with Gasteiger partial charge in [0.25, 0.3) is 5.91 Å². The maximum atomic E-state index is 13.3. The average Bonchev–Trinajstić information content (AvgIpc) is 2.97. The van der Waals surface area contributed by atoms with E-state index >= 15 is 0 Å². The van der Waals surface area contributed by atoms with Gasteiger partial charge in [0, 0.05) is 0 Å². The maximum Gasteiger partial charge on any atom is 0.426 e. The third-order valence-electron chi connectivity index (χ3n) is 5.83. The van der Waals surface area contributed by atoms with Crippen LogP contribution in [0.4, 0.5) is 10.5 Å². The van der Waals surface area contributed by atoms with Crippen molar-refractivity contribution in [3.63, 3.8) is 0 Å². The molecular weight excluding hydrogens is 518 g/mol. The van der Waals surface area contributed by atoms with Gasteiger partial charge in [-0.15, -0.1) is 0 Å². The van der Waals surface area contributed by atoms with Crippen LogP contribution in [0.1, 0.15) is 35.7 Å². The van der Waals surface area contributed by atoms with Gasteiger partial charge in [0.15, 0.2) is 0 Å². The molecule has 1 aliphatic heterocycles. The van der Waals surface area contributed by atoms with Crippen molar-refractivity contribution in [1.82, 2.24) is 10.9 Å². The van der Waals surface area contributed by atoms with Crippen LogP contribution in [0.2, 0.25) is 0 Å². The van der Waals surface area contributed by atoms with Crippen molar-refractivity contribution >= 4 is 29.6 Å². The van der Waals surface area contributed by atoms with E-state index in [1.807, 2.05) is 19.9 Å². The van der Waals surface area contributed by atoms with Crippen LogP contribution in [0.25, 0.3) is 0 Å². The first-order valence-corrected chi connectivity index (χ1v) is 12.1. The number of amides is 2. The van der Waals surface area contributed by atoms with E-state index in [4.69, 9.17) is 19.9 Å². The van der Waals surface area contributed by atoms with Gasteiger partial charge in [0.2, 0.25) is 0 Å². The van der Waals surface area contributed by atoms with Crippen molar-refractivity contribution in [2.24, 2.45) is 11.7 Å². The zero-order valence-electron chi connectivity index (χ0n) is 22.4. The molecule has 0 radical (unpaired) electrons. The number of hydrogen-bond donors (Lipinski definition) is 3. The number of esters is 2. The lowest BCUT2D eigenvalue weighted by Crippen LogP contribution is -2.44. The minimum absolute atomic E-state index is 0.0240. The average molecular weight is 548 g/mol. The Bertz CT molecular complexity index is 1410. The molecule has 0 bridgehead atoms. The van der Waals surface area contributed by atoms with Gasteiger partial charge in [0.05, 0.1) is 55.2 Å². The number of hydrazine groups is 1. The summed E-state index contributed by atoms with van der Waals surface area (Å²) in [6.07, 6.45) is -0.877. The molecule has 3 rings (SSSR count). The number of methoxy groups -OCH3 is 2. The topological polar surface area (TPSA) is 173 Å². The lowest BCUT2D eigenvalue weighted by molar-refractivity contribution is -0.139. The Morgan fingerprint density at radius 2 is 1.60 bits per heavy atom. The second-order valence-corrected chi connectivity index (χ2v) is 8.92. The molecule has 0 spiro atoms. The van der Waals surface area contributed by atoms with Crippen LogP contribution in [0.5, 0.6) is 0 Å². The molecule has 40 heavy (non-hydrogen) atoms. The summed E-state index contributed by atoms with van der Waals surface area (Å²) in [6.45, 7) is 3.84. The van der Waals surface area contributed by atoms with E-state index in [-0.39, 0.29) is 46.4 Å². The molecule has 208 valence electrons. The molecule has 4 N–H and O–H groups in total. The fourth-order valence-corrected chi connectivity index (χ4v) is 4.08. The second-order valence-electron chi connectivity index (χ2n) is 8.92. The van der Waals surface area contributed by atoms with E-state index in [0.29, 0.717) is 5.56 Å². The molecule has 0 fully saturated rings. The number of allylic oxidation sites excluding steroid dienone is 1. The van der Waals surface area contributed by atoms with Crippen molar-refractivity contribution in [3.8, 4) is 6.07 Å². The minimum atomic E-state index is -1.07. The largest absolute Gasteiger partial charge is 0.466 e. The number of rotatable bonds is 7. The first kappa shape index (κ1) is 29.2. The zero-order chi connectivity index (χ0) is 29.4. The summed E-state index contributed by atoms with van der Waals surface area (Å²) < 4.78 is 15.0. The van der Waals surface area contributed by atoms with Gasteiger partial charge in [-0.1, -0.05) is 56.3 Å². The summed E-state index contributed by atoms with van der Waals surface area (Å²) in [5, 5.41) is 10.2. The monoisotopic (exact) mass is 547 g/mol. The molecule has 0 saturated carbocycles. The first-order valence-electron chi connectivity index (χ1n) is 12.1. The summed E-state index contributed by atoms with van der Waals surface area (Å²) in [5.74, 6) is -3.87. The number of hydrogen-bond acceptors (Lipinski definition) is 10. The number of carbonyl (C=O) groups excluding carboxylic acids is 4. The number of nitriles is 1. The van der Waals surface area contributed by atoms with E-state index in [2.05, 4.69) is 10.9 Å². The molecule has 1 unspecified atom stereocenters. The van der Waals surface area contributed by atoms with Crippen molar-refractivity contribution in [3.05, 3.63) is 88.4 Å². The fraction of sp³-hybridized carbons (Fsp3) is 0.250. The van der Waals surface area contributed by atoms with Gasteiger partial charge in [-0.2, -0.15) is 5.26 Å². The number of ether oxygens (including phenoxy) is 3. The van der Waals surface area contributed by atoms with E-state index in [9.17, 15) is 24.4 Å². The second kappa shape index (κ2) is 13.0. The molecule has 2 aromatic carbocycles. The smallest absolute Gasteiger partial charge is 0.426 e. The van der Waals surface area contributed by atoms with Gasteiger partial charge in [0.1, 0.15) is 11.5 Å². The fourth-order valence-electron chi connectivity index (χ4n) is 4.08. The molecule has 1 aliphatic rings. The summed E-state index contributed by atoms with van der Waals surface area (Å²) in [4.78, 5) is 52.7. The van der Waals surface area contributed by atoms with E-state index in [1.54, 1.807) is 42.5 Å². The highest BCUT2D eigenvalue weighted by molar-refractivity contribution is 6.08. The molecule has 0 aliphatic carbocycles. The number of anilines is 1. The highest BCUT2D eigenvalue weighted by atomic mass is 16.6. The van der Waals surface area contributed by atoms with Gasteiger partial charge >= 0.3 is 18.0 Å². The predicted molar refractivity (Wildman–Crippen MR) is 143 cm³/mol. The normalized spacial score (nSPS) is 14.8. The number of benzene rings is 2. The van der Waals surface area contributed by atoms with Crippen LogP contribution in [0.15, 0.2) is 77.3 Å². The third kappa shape index (κ3) is 6.05. The first-order chi connectivity index (χ1) is 19.2. The SMILES string of the molecule is COC(=O)C1=C(C(=O)OC)N(c2ccccc2C(=O)NNC(=O)OCC(C)C)C(N)=C(C#N)C1c1ccccc1. The summed E-state index contributed by atoms with van der Waals surface area (Å²) in [5.41, 5.74) is 10.7. The molecule has 2 aromatic rings. The Labute approximate surface area is 230 Å². The van der Waals surface area contributed by atoms with Crippen molar-refractivity contribution in [2.75, 3.05) is 25.7 Å². The van der Waals surface area contributed by atoms with E-state index in [0.717, 1.165) is 19.1 Å². The van der Waals surface area contributed by atoms with Crippen LogP contribution in [-0.2, 0) is 23.8 Å². The number of para-hydroxylation sites is 1. The Morgan fingerprint density at radius 1 is 0.975 bits per heavy atom. The molecule has 1 atom stereocenters. The van der Waals surface area contributed by atoms with Gasteiger partial charge < -0.3 is 19.9 Å². The summed E-state index contributed by atoms with van der Waals surface area (Å²) in [6, 6.07) is 16.5. The van der Waals surface area contributed by atoms with Crippen molar-refractivity contribution < 1.29 is 33.4 Å². The summed E-state index contributed by atoms with van der Waals surface area (Å²) >= 11 is 0. The van der Waals surface area contributed by atoms with Gasteiger partial charge in [-0.3, -0.25) is 15.1 Å². The van der Waals surface area contributed by atoms with Gasteiger partial charge in [-0.05, 0) is 23.6 Å². The lowest BCUT2D eigenvalue weighted by atomic mass is 9.80. The van der Waals surface area contributed by atoms with Crippen LogP contribution >= 0.6 is 0 Å². The van der Waals surface area contributed by atoms with Crippen LogP contribution < -0.4 is 21.5 Å². The zero-order valence-corrected chi connectivity index (χ0v) is 22.4. The standard InChI is InChI=1S/C28H29N5O7/c1-16(2)15-40-28(37)32-31-25(34)18-12-8-9-13-20(18)33-23(27(36)39-4)22(26(35)38-3)21(19(14-29)24(33)30)17-10-6-5-7-11-17/h5-13,16,21H,15,30H2,1-4H3,(H,31,34)(H,32,37). The molecule has 0 aromatic heterocycles. The number of carbonyl (C=O) groups is 4. The molecule has 2 amide bonds. The molecule has 12 heteroatoms. The maximum absolute atomic E-state index is 13.3. The molecule has 1 heterocycles. The van der Waals surface area contributed by atoms with Crippen LogP contribution in [0, 0.1) is 17.2 Å². The van der Waals surface area contributed by atoms with Crippen LogP contribution in [-0.4, -0.2) is 44.8 Å². The van der Waals surface area contributed by atoms with Crippen molar-refractivity contribution in [2.45, 2.75) is 19.8 Å². The predicted octanol–water partition coefficient (Wildman–Crippen LogP) is 2.61. The summed E-state index contributed by atoms with van der Waals surface area (Å²) in [7, 11) is 2.25. The van der Waals surface area contributed by atoms with Gasteiger partial charge in [-0.25, -0.2) is 19.8 Å². The van der Waals surface area contributed by atoms with Crippen molar-refractivity contribution in [1.29, 1.82) is 5.26 Å². The quantitative estimate of drug-likeness (QED) is 0.266. The lowest BCUT2D eigenvalue weighted by Gasteiger charge is -2.36. The minimum Gasteiger partial charge on any atom is -0.466 e. The highest BCUT2D eigenvalue weighted by Crippen LogP contribution is 2.43. The molecule has 12 nitrogen and oxygen atoms in total. The number of nitrogens with zero attached hydrogens (tertiary/aromatic N) is 2.